The molecule has 1 fully saturated rings. The van der Waals surface area contributed by atoms with Crippen molar-refractivity contribution in [3.63, 3.8) is 0 Å². The molecule has 25 heavy (non-hydrogen) atoms. The van der Waals surface area contributed by atoms with Crippen molar-refractivity contribution < 1.29 is 14.6 Å². The van der Waals surface area contributed by atoms with Crippen molar-refractivity contribution >= 4 is 73.5 Å². The Morgan fingerprint density at radius 3 is 2.80 bits per heavy atom. The van der Waals surface area contributed by atoms with Gasteiger partial charge in [-0.1, -0.05) is 57.6 Å². The highest BCUT2D eigenvalue weighted by atomic mass is 79.9. The van der Waals surface area contributed by atoms with Crippen molar-refractivity contribution in [1.82, 2.24) is 0 Å². The van der Waals surface area contributed by atoms with Crippen LogP contribution in [-0.2, 0) is 4.79 Å². The molecule has 0 saturated carbocycles. The Labute approximate surface area is 167 Å². The number of rotatable bonds is 3. The smallest absolute Gasteiger partial charge is 0.270 e. The molecular weight excluding hydrogens is 446 g/mol. The monoisotopic (exact) mass is 455 g/mol. The normalized spacial score (nSPS) is 16.0. The van der Waals surface area contributed by atoms with Crippen molar-refractivity contribution in [2.75, 3.05) is 12.0 Å². The molecule has 8 heteroatoms. The van der Waals surface area contributed by atoms with Crippen LogP contribution in [0.1, 0.15) is 5.56 Å². The van der Waals surface area contributed by atoms with Crippen LogP contribution in [0.3, 0.4) is 0 Å². The van der Waals surface area contributed by atoms with Crippen molar-refractivity contribution in [3.05, 3.63) is 56.4 Å². The first-order valence-corrected chi connectivity index (χ1v) is 9.40. The Bertz CT molecular complexity index is 917. The van der Waals surface area contributed by atoms with Crippen LogP contribution in [0.4, 0.5) is 5.69 Å². The standard InChI is InChI=1S/C17H11BrClNO3S2/c1-23-13-7-10(18)5-9(15(13)21)6-14-16(22)20(17(24)25-14)12-4-2-3-11(19)8-12/h2-8,21H,1H3. The molecule has 128 valence electrons. The zero-order chi connectivity index (χ0) is 18.1. The highest BCUT2D eigenvalue weighted by Gasteiger charge is 2.33. The van der Waals surface area contributed by atoms with Gasteiger partial charge < -0.3 is 9.84 Å². The van der Waals surface area contributed by atoms with Gasteiger partial charge in [0.25, 0.3) is 5.91 Å². The first kappa shape index (κ1) is 18.3. The fraction of sp³-hybridized carbons (Fsp3) is 0.0588. The predicted molar refractivity (Wildman–Crippen MR) is 109 cm³/mol. The summed E-state index contributed by atoms with van der Waals surface area (Å²) in [5.74, 6) is 0.000257. The van der Waals surface area contributed by atoms with Crippen molar-refractivity contribution in [2.24, 2.45) is 0 Å². The summed E-state index contributed by atoms with van der Waals surface area (Å²) in [7, 11) is 1.46. The topological polar surface area (TPSA) is 49.8 Å². The molecule has 0 aromatic heterocycles. The Morgan fingerprint density at radius 1 is 1.36 bits per heavy atom. The lowest BCUT2D eigenvalue weighted by molar-refractivity contribution is -0.113. The number of phenols is 1. The number of aromatic hydroxyl groups is 1. The van der Waals surface area contributed by atoms with E-state index in [1.165, 1.54) is 12.0 Å². The van der Waals surface area contributed by atoms with Crippen LogP contribution >= 0.6 is 51.5 Å². The summed E-state index contributed by atoms with van der Waals surface area (Å²) < 4.78 is 6.25. The molecule has 1 heterocycles. The summed E-state index contributed by atoms with van der Waals surface area (Å²) in [6, 6.07) is 10.3. The largest absolute Gasteiger partial charge is 0.504 e. The molecule has 0 radical (unpaired) electrons. The number of nitrogens with zero attached hydrogens (tertiary/aromatic N) is 1. The van der Waals surface area contributed by atoms with Gasteiger partial charge in [0, 0.05) is 15.1 Å². The van der Waals surface area contributed by atoms with Gasteiger partial charge in [-0.25, -0.2) is 0 Å². The van der Waals surface area contributed by atoms with Crippen LogP contribution in [0, 0.1) is 0 Å². The fourth-order valence-corrected chi connectivity index (χ4v) is 4.24. The van der Waals surface area contributed by atoms with Gasteiger partial charge in [0.1, 0.15) is 0 Å². The molecule has 0 spiro atoms. The lowest BCUT2D eigenvalue weighted by Gasteiger charge is -2.14. The first-order chi connectivity index (χ1) is 11.9. The molecule has 1 N–H and O–H groups in total. The summed E-state index contributed by atoms with van der Waals surface area (Å²) in [4.78, 5) is 14.6. The molecule has 0 unspecified atom stereocenters. The quantitative estimate of drug-likeness (QED) is 0.507. The van der Waals surface area contributed by atoms with E-state index in [1.54, 1.807) is 42.5 Å². The van der Waals surface area contributed by atoms with Gasteiger partial charge in [-0.15, -0.1) is 0 Å². The molecule has 1 aliphatic rings. The number of amides is 1. The molecule has 3 rings (SSSR count). The van der Waals surface area contributed by atoms with Crippen LogP contribution < -0.4 is 9.64 Å². The van der Waals surface area contributed by atoms with Gasteiger partial charge in [-0.05, 0) is 36.4 Å². The van der Waals surface area contributed by atoms with E-state index in [0.717, 1.165) is 16.2 Å². The third kappa shape index (κ3) is 3.69. The zero-order valence-corrected chi connectivity index (χ0v) is 16.8. The Balaban J connectivity index is 2.00. The molecule has 0 bridgehead atoms. The van der Waals surface area contributed by atoms with Crippen LogP contribution in [-0.4, -0.2) is 22.4 Å². The van der Waals surface area contributed by atoms with Gasteiger partial charge in [-0.3, -0.25) is 9.69 Å². The van der Waals surface area contributed by atoms with E-state index in [1.807, 2.05) is 0 Å². The van der Waals surface area contributed by atoms with E-state index in [4.69, 9.17) is 28.6 Å². The lowest BCUT2D eigenvalue weighted by Crippen LogP contribution is -2.27. The maximum atomic E-state index is 12.8. The number of phenolic OH excluding ortho intramolecular Hbond substituents is 1. The van der Waals surface area contributed by atoms with E-state index in [0.29, 0.717) is 31.2 Å². The van der Waals surface area contributed by atoms with Crippen LogP contribution in [0.5, 0.6) is 11.5 Å². The zero-order valence-electron chi connectivity index (χ0n) is 12.8. The number of benzene rings is 2. The molecular formula is C17H11BrClNO3S2. The average molecular weight is 457 g/mol. The number of hydrogen-bond acceptors (Lipinski definition) is 5. The number of halogens is 2. The van der Waals surface area contributed by atoms with E-state index in [2.05, 4.69) is 15.9 Å². The maximum Gasteiger partial charge on any atom is 0.270 e. The second kappa shape index (κ2) is 7.37. The summed E-state index contributed by atoms with van der Waals surface area (Å²) in [5.41, 5.74) is 1.06. The Kier molecular flexibility index (Phi) is 5.38. The van der Waals surface area contributed by atoms with E-state index in [-0.39, 0.29) is 11.7 Å². The van der Waals surface area contributed by atoms with Crippen LogP contribution in [0.15, 0.2) is 45.8 Å². The summed E-state index contributed by atoms with van der Waals surface area (Å²) >= 11 is 15.9. The number of hydrogen-bond donors (Lipinski definition) is 1. The maximum absolute atomic E-state index is 12.8. The first-order valence-electron chi connectivity index (χ1n) is 7.00. The van der Waals surface area contributed by atoms with Crippen molar-refractivity contribution in [3.8, 4) is 11.5 Å². The summed E-state index contributed by atoms with van der Waals surface area (Å²) in [6.07, 6.45) is 1.59. The second-order valence-corrected chi connectivity index (χ2v) is 8.07. The molecule has 1 saturated heterocycles. The SMILES string of the molecule is COc1cc(Br)cc(C=C2SC(=S)N(c3cccc(Cl)c3)C2=O)c1O. The van der Waals surface area contributed by atoms with Gasteiger partial charge in [0.15, 0.2) is 15.8 Å². The van der Waals surface area contributed by atoms with E-state index in [9.17, 15) is 9.90 Å². The summed E-state index contributed by atoms with van der Waals surface area (Å²) in [6.45, 7) is 0. The minimum Gasteiger partial charge on any atom is -0.504 e. The van der Waals surface area contributed by atoms with Crippen LogP contribution in [0.2, 0.25) is 5.02 Å². The van der Waals surface area contributed by atoms with Crippen LogP contribution in [0.25, 0.3) is 6.08 Å². The Morgan fingerprint density at radius 2 is 2.12 bits per heavy atom. The second-order valence-electron chi connectivity index (χ2n) is 5.04. The predicted octanol–water partition coefficient (Wildman–Crippen LogP) is 5.22. The molecule has 4 nitrogen and oxygen atoms in total. The highest BCUT2D eigenvalue weighted by Crippen LogP contribution is 2.40. The van der Waals surface area contributed by atoms with Crippen molar-refractivity contribution in [2.45, 2.75) is 0 Å². The Hall–Kier alpha value is -1.54. The molecule has 1 aliphatic heterocycles. The number of thioether (sulfide) groups is 1. The highest BCUT2D eigenvalue weighted by molar-refractivity contribution is 9.10. The molecule has 2 aromatic rings. The lowest BCUT2D eigenvalue weighted by atomic mass is 10.1. The molecule has 1 amide bonds. The van der Waals surface area contributed by atoms with E-state index >= 15 is 0 Å². The third-order valence-corrected chi connectivity index (χ3v) is 5.43. The molecule has 2 aromatic carbocycles. The van der Waals surface area contributed by atoms with Gasteiger partial charge in [-0.2, -0.15) is 0 Å². The van der Waals surface area contributed by atoms with Gasteiger partial charge in [0.2, 0.25) is 0 Å². The average Bonchev–Trinajstić information content (AvgIpc) is 2.84. The number of methoxy groups -OCH3 is 1. The third-order valence-electron chi connectivity index (χ3n) is 3.44. The minimum absolute atomic E-state index is 0.0428. The fourth-order valence-electron chi connectivity index (χ4n) is 2.31. The molecule has 0 atom stereocenters. The van der Waals surface area contributed by atoms with E-state index < -0.39 is 0 Å². The number of thiocarbonyl (C=S) groups is 1. The van der Waals surface area contributed by atoms with Crippen molar-refractivity contribution in [1.29, 1.82) is 0 Å². The van der Waals surface area contributed by atoms with Gasteiger partial charge in [0.05, 0.1) is 17.7 Å². The molecule has 0 aliphatic carbocycles. The van der Waals surface area contributed by atoms with Gasteiger partial charge >= 0.3 is 0 Å². The summed E-state index contributed by atoms with van der Waals surface area (Å²) in [5, 5.41) is 10.8. The minimum atomic E-state index is -0.268. The number of ether oxygens (including phenoxy) is 1. The number of anilines is 1. The number of carbonyl (C=O) groups excluding carboxylic acids is 1. The number of carbonyl (C=O) groups is 1.